The number of alkyl halides is 3. The van der Waals surface area contributed by atoms with Crippen molar-refractivity contribution in [1.29, 1.82) is 5.26 Å². The highest BCUT2D eigenvalue weighted by atomic mass is 35.5. The van der Waals surface area contributed by atoms with Gasteiger partial charge in [-0.3, -0.25) is 10.1 Å². The number of methoxy groups -OCH3 is 1. The van der Waals surface area contributed by atoms with Crippen molar-refractivity contribution in [3.8, 4) is 17.7 Å². The van der Waals surface area contributed by atoms with Crippen LogP contribution in [0.3, 0.4) is 0 Å². The Kier molecular flexibility index (Phi) is 9.47. The molecule has 0 saturated carbocycles. The molecule has 0 bridgehead atoms. The number of benzene rings is 2. The van der Waals surface area contributed by atoms with Crippen LogP contribution < -0.4 is 20.1 Å². The maximum atomic E-state index is 13.5. The molecule has 2 aromatic carbocycles. The Morgan fingerprint density at radius 1 is 1.29 bits per heavy atom. The lowest BCUT2D eigenvalue weighted by atomic mass is 10.0. The summed E-state index contributed by atoms with van der Waals surface area (Å²) in [5.74, 6) is -0.620. The van der Waals surface area contributed by atoms with Gasteiger partial charge in [-0.25, -0.2) is 10.0 Å². The minimum absolute atomic E-state index is 0.0553. The molecule has 2 heterocycles. The summed E-state index contributed by atoms with van der Waals surface area (Å²) < 4.78 is 47.8. The predicted molar refractivity (Wildman–Crippen MR) is 147 cm³/mol. The number of aliphatic imine (C=N–C) groups is 1. The van der Waals surface area contributed by atoms with Crippen LogP contribution in [-0.4, -0.2) is 72.7 Å². The maximum Gasteiger partial charge on any atom is 0.573 e. The number of rotatable bonds is 7. The topological polar surface area (TPSA) is 115 Å². The number of guanidine groups is 1. The lowest BCUT2D eigenvalue weighted by Gasteiger charge is -2.31. The van der Waals surface area contributed by atoms with E-state index in [1.807, 2.05) is 6.92 Å². The van der Waals surface area contributed by atoms with Crippen LogP contribution in [0.5, 0.6) is 11.5 Å². The van der Waals surface area contributed by atoms with Crippen molar-refractivity contribution in [2.24, 2.45) is 10.1 Å². The molecule has 1 saturated heterocycles. The van der Waals surface area contributed by atoms with Crippen molar-refractivity contribution in [3.63, 3.8) is 0 Å². The molecule has 0 aliphatic carbocycles. The third-order valence-electron chi connectivity index (χ3n) is 6.49. The Balaban J connectivity index is 1.77. The average molecular weight is 612 g/mol. The summed E-state index contributed by atoms with van der Waals surface area (Å²) >= 11 is 12.4. The minimum atomic E-state index is -4.92. The molecule has 2 aromatic rings. The Morgan fingerprint density at radius 3 is 2.68 bits per heavy atom. The molecule has 1 unspecified atom stereocenters. The van der Waals surface area contributed by atoms with Crippen LogP contribution in [0.4, 0.5) is 18.9 Å². The zero-order chi connectivity index (χ0) is 29.7. The van der Waals surface area contributed by atoms with Crippen LogP contribution in [0.1, 0.15) is 25.3 Å². The number of halogens is 5. The summed E-state index contributed by atoms with van der Waals surface area (Å²) in [5.41, 5.74) is 0.998. The first-order valence-electron chi connectivity index (χ1n) is 12.6. The van der Waals surface area contributed by atoms with Crippen LogP contribution >= 0.6 is 23.2 Å². The highest BCUT2D eigenvalue weighted by molar-refractivity contribution is 6.42. The predicted octanol–water partition coefficient (Wildman–Crippen LogP) is 4.65. The molecule has 0 radical (unpaired) electrons. The summed E-state index contributed by atoms with van der Waals surface area (Å²) in [5, 5.41) is 21.8. The van der Waals surface area contributed by atoms with E-state index in [2.05, 4.69) is 25.5 Å². The Hall–Kier alpha value is -3.73. The van der Waals surface area contributed by atoms with Gasteiger partial charge in [0.2, 0.25) is 11.9 Å². The standard InChI is InChI=1S/C26H26Cl2F3N7O3/c1-3-37(24(39)19-5-4-10-33-19)21-13-38(36-23(21)15-6-8-17(27)18(28)11-15)25(34-14-32)35-20-12-16(41-26(29,30)31)7-9-22(20)40-2/h6-9,11-12,19,21,33H,3-5,10,13H2,1-2H3,(H,34,35)/t19-,21?/m1/s1. The molecule has 4 rings (SSSR count). The van der Waals surface area contributed by atoms with E-state index in [1.165, 1.54) is 18.2 Å². The van der Waals surface area contributed by atoms with Crippen LogP contribution in [0.15, 0.2) is 46.5 Å². The molecule has 2 N–H and O–H groups in total. The fourth-order valence-electron chi connectivity index (χ4n) is 4.67. The number of ether oxygens (including phenoxy) is 2. The van der Waals surface area contributed by atoms with Gasteiger partial charge >= 0.3 is 6.36 Å². The van der Waals surface area contributed by atoms with Gasteiger partial charge in [0.1, 0.15) is 17.2 Å². The van der Waals surface area contributed by atoms with Gasteiger partial charge in [-0.05, 0) is 50.6 Å². The van der Waals surface area contributed by atoms with Crippen molar-refractivity contribution in [3.05, 3.63) is 52.0 Å². The summed E-state index contributed by atoms with van der Waals surface area (Å²) in [6.45, 7) is 3.02. The molecule has 1 amide bonds. The first kappa shape index (κ1) is 30.2. The molecule has 0 spiro atoms. The maximum absolute atomic E-state index is 13.5. The number of nitrogens with zero attached hydrogens (tertiary/aromatic N) is 5. The molecule has 2 aliphatic rings. The van der Waals surface area contributed by atoms with Gasteiger partial charge in [0.25, 0.3) is 0 Å². The number of hydrogen-bond donors (Lipinski definition) is 2. The van der Waals surface area contributed by atoms with E-state index in [0.29, 0.717) is 29.3 Å². The molecule has 218 valence electrons. The van der Waals surface area contributed by atoms with Crippen molar-refractivity contribution in [2.45, 2.75) is 38.2 Å². The van der Waals surface area contributed by atoms with Crippen LogP contribution in [0, 0.1) is 11.5 Å². The van der Waals surface area contributed by atoms with Gasteiger partial charge in [-0.15, -0.1) is 13.2 Å². The van der Waals surface area contributed by atoms with Crippen LogP contribution in [-0.2, 0) is 4.79 Å². The highest BCUT2D eigenvalue weighted by Gasteiger charge is 2.39. The minimum Gasteiger partial charge on any atom is -0.494 e. The number of amides is 1. The molecular formula is C26H26Cl2F3N7O3. The Labute approximate surface area is 244 Å². The Morgan fingerprint density at radius 2 is 2.07 bits per heavy atom. The highest BCUT2D eigenvalue weighted by Crippen LogP contribution is 2.35. The molecule has 15 heteroatoms. The molecular weight excluding hydrogens is 586 g/mol. The second-order valence-electron chi connectivity index (χ2n) is 9.04. The fourth-order valence-corrected chi connectivity index (χ4v) is 4.97. The number of carbonyl (C=O) groups is 1. The van der Waals surface area contributed by atoms with Crippen molar-refractivity contribution in [2.75, 3.05) is 26.7 Å². The van der Waals surface area contributed by atoms with Gasteiger partial charge in [0.15, 0.2) is 6.19 Å². The number of likely N-dealkylation sites (N-methyl/N-ethyl adjacent to an activating group) is 1. The van der Waals surface area contributed by atoms with Crippen molar-refractivity contribution < 1.29 is 27.4 Å². The number of nitrogens with one attached hydrogen (secondary N) is 2. The molecule has 0 aromatic heterocycles. The van der Waals surface area contributed by atoms with Gasteiger partial charge in [0.05, 0.1) is 41.5 Å². The first-order chi connectivity index (χ1) is 19.5. The van der Waals surface area contributed by atoms with E-state index < -0.39 is 18.2 Å². The summed E-state index contributed by atoms with van der Waals surface area (Å²) in [6, 6.07) is 7.38. The zero-order valence-electron chi connectivity index (χ0n) is 22.0. The first-order valence-corrected chi connectivity index (χ1v) is 13.3. The van der Waals surface area contributed by atoms with Gasteiger partial charge in [-0.2, -0.15) is 10.4 Å². The van der Waals surface area contributed by atoms with E-state index in [9.17, 15) is 23.2 Å². The van der Waals surface area contributed by atoms with Crippen molar-refractivity contribution in [1.82, 2.24) is 20.5 Å². The molecule has 41 heavy (non-hydrogen) atoms. The molecule has 10 nitrogen and oxygen atoms in total. The third-order valence-corrected chi connectivity index (χ3v) is 7.23. The lowest BCUT2D eigenvalue weighted by Crippen LogP contribution is -2.53. The second kappa shape index (κ2) is 12.8. The van der Waals surface area contributed by atoms with E-state index in [-0.39, 0.29) is 40.9 Å². The van der Waals surface area contributed by atoms with Gasteiger partial charge in [-0.1, -0.05) is 29.3 Å². The molecule has 2 atom stereocenters. The Bertz CT molecular complexity index is 1390. The van der Waals surface area contributed by atoms with E-state index in [4.69, 9.17) is 27.9 Å². The average Bonchev–Trinajstić information content (AvgIpc) is 3.61. The lowest BCUT2D eigenvalue weighted by molar-refractivity contribution is -0.274. The summed E-state index contributed by atoms with van der Waals surface area (Å²) in [4.78, 5) is 19.6. The SMILES string of the molecule is CCN(C(=O)[C@H]1CCCN1)C1CN(C(=Nc2cc(OC(F)(F)F)ccc2OC)NC#N)N=C1c1ccc(Cl)c(Cl)c1. The number of nitriles is 1. The monoisotopic (exact) mass is 611 g/mol. The zero-order valence-corrected chi connectivity index (χ0v) is 23.5. The largest absolute Gasteiger partial charge is 0.573 e. The van der Waals surface area contributed by atoms with E-state index in [0.717, 1.165) is 25.1 Å². The summed E-state index contributed by atoms with van der Waals surface area (Å²) in [7, 11) is 1.32. The van der Waals surface area contributed by atoms with Gasteiger partial charge < -0.3 is 19.7 Å². The van der Waals surface area contributed by atoms with Crippen LogP contribution in [0.2, 0.25) is 10.0 Å². The number of hydrogen-bond acceptors (Lipinski definition) is 7. The number of carbonyl (C=O) groups excluding carboxylic acids is 1. The van der Waals surface area contributed by atoms with Crippen molar-refractivity contribution >= 4 is 46.5 Å². The quantitative estimate of drug-likeness (QED) is 0.203. The van der Waals surface area contributed by atoms with Crippen LogP contribution in [0.25, 0.3) is 0 Å². The van der Waals surface area contributed by atoms with Gasteiger partial charge in [0, 0.05) is 18.2 Å². The number of hydrazone groups is 1. The normalized spacial score (nSPS) is 19.0. The third kappa shape index (κ3) is 7.13. The summed E-state index contributed by atoms with van der Waals surface area (Å²) in [6.07, 6.45) is -1.57. The smallest absolute Gasteiger partial charge is 0.494 e. The molecule has 1 fully saturated rings. The molecule has 2 aliphatic heterocycles. The fraction of sp³-hybridized carbons (Fsp3) is 0.385. The van der Waals surface area contributed by atoms with E-state index in [1.54, 1.807) is 29.3 Å². The second-order valence-corrected chi connectivity index (χ2v) is 9.85. The van der Waals surface area contributed by atoms with E-state index >= 15 is 0 Å².